The molecule has 0 saturated heterocycles. The molecule has 0 bridgehead atoms. The second-order valence-electron chi connectivity index (χ2n) is 5.58. The van der Waals surface area contributed by atoms with Crippen molar-refractivity contribution < 1.29 is 18.7 Å². The average molecular weight is 281 g/mol. The summed E-state index contributed by atoms with van der Waals surface area (Å²) < 4.78 is 19.2. The fourth-order valence-corrected chi connectivity index (χ4v) is 1.75. The molecule has 1 atom stereocenters. The Kier molecular flexibility index (Phi) is 5.25. The topological polar surface area (TPSA) is 55.4 Å². The predicted molar refractivity (Wildman–Crippen MR) is 73.9 cm³/mol. The lowest BCUT2D eigenvalue weighted by atomic mass is 10.0. The highest BCUT2D eigenvalue weighted by Crippen LogP contribution is 2.22. The van der Waals surface area contributed by atoms with Gasteiger partial charge in [0, 0.05) is 12.0 Å². The van der Waals surface area contributed by atoms with Crippen molar-refractivity contribution in [1.29, 1.82) is 0 Å². The van der Waals surface area contributed by atoms with Crippen LogP contribution in [-0.4, -0.2) is 18.0 Å². The predicted octanol–water partition coefficient (Wildman–Crippen LogP) is 3.29. The number of alkyl carbamates (subject to hydrolysis) is 1. The van der Waals surface area contributed by atoms with Crippen molar-refractivity contribution in [3.63, 3.8) is 0 Å². The summed E-state index contributed by atoms with van der Waals surface area (Å²) in [6.07, 6.45) is -0.0473. The van der Waals surface area contributed by atoms with Crippen LogP contribution in [0.15, 0.2) is 18.2 Å². The third-order valence-electron chi connectivity index (χ3n) is 2.62. The molecular weight excluding hydrogens is 261 g/mol. The molecule has 0 saturated carbocycles. The van der Waals surface area contributed by atoms with Crippen molar-refractivity contribution in [3.05, 3.63) is 35.1 Å². The first kappa shape index (κ1) is 16.1. The standard InChI is InChI=1S/C15H20FNO3/c1-10-6-5-7-11(13(10)16)12(8-9-18)17-14(19)20-15(2,3)4/h5-7,9,12H,8H2,1-4H3,(H,17,19)/t12-/m1/s1. The molecule has 1 rings (SSSR count). The number of hydrogen-bond donors (Lipinski definition) is 1. The van der Waals surface area contributed by atoms with Crippen molar-refractivity contribution in [2.45, 2.75) is 45.8 Å². The van der Waals surface area contributed by atoms with Gasteiger partial charge in [-0.15, -0.1) is 0 Å². The maximum absolute atomic E-state index is 14.1. The molecule has 1 aromatic carbocycles. The van der Waals surface area contributed by atoms with Gasteiger partial charge in [0.1, 0.15) is 17.7 Å². The molecule has 1 amide bonds. The van der Waals surface area contributed by atoms with Gasteiger partial charge in [-0.2, -0.15) is 0 Å². The summed E-state index contributed by atoms with van der Waals surface area (Å²) in [4.78, 5) is 22.5. The molecule has 5 heteroatoms. The van der Waals surface area contributed by atoms with Gasteiger partial charge < -0.3 is 14.8 Å². The third-order valence-corrected chi connectivity index (χ3v) is 2.62. The van der Waals surface area contributed by atoms with Crippen molar-refractivity contribution in [3.8, 4) is 0 Å². The fraction of sp³-hybridized carbons (Fsp3) is 0.467. The van der Waals surface area contributed by atoms with E-state index in [1.165, 1.54) is 0 Å². The quantitative estimate of drug-likeness (QED) is 0.862. The van der Waals surface area contributed by atoms with Gasteiger partial charge in [0.05, 0.1) is 6.04 Å². The van der Waals surface area contributed by atoms with Crippen LogP contribution < -0.4 is 5.32 Å². The molecule has 0 radical (unpaired) electrons. The molecule has 4 nitrogen and oxygen atoms in total. The van der Waals surface area contributed by atoms with E-state index >= 15 is 0 Å². The highest BCUT2D eigenvalue weighted by molar-refractivity contribution is 5.69. The molecule has 0 aliphatic carbocycles. The highest BCUT2D eigenvalue weighted by atomic mass is 19.1. The van der Waals surface area contributed by atoms with Crippen LogP contribution in [0.1, 0.15) is 44.4 Å². The largest absolute Gasteiger partial charge is 0.444 e. The van der Waals surface area contributed by atoms with Gasteiger partial charge in [-0.25, -0.2) is 9.18 Å². The first-order valence-electron chi connectivity index (χ1n) is 6.42. The monoisotopic (exact) mass is 281 g/mol. The zero-order valence-electron chi connectivity index (χ0n) is 12.2. The van der Waals surface area contributed by atoms with E-state index in [0.29, 0.717) is 11.8 Å². The van der Waals surface area contributed by atoms with Crippen LogP contribution in [0.5, 0.6) is 0 Å². The van der Waals surface area contributed by atoms with E-state index in [9.17, 15) is 14.0 Å². The SMILES string of the molecule is Cc1cccc([C@@H](CC=O)NC(=O)OC(C)(C)C)c1F. The van der Waals surface area contributed by atoms with E-state index < -0.39 is 23.6 Å². The van der Waals surface area contributed by atoms with Crippen LogP contribution in [-0.2, 0) is 9.53 Å². The first-order valence-corrected chi connectivity index (χ1v) is 6.42. The van der Waals surface area contributed by atoms with Gasteiger partial charge in [-0.05, 0) is 33.3 Å². The summed E-state index contributed by atoms with van der Waals surface area (Å²) in [5.41, 5.74) is 0.0911. The zero-order chi connectivity index (χ0) is 15.3. The average Bonchev–Trinajstić information content (AvgIpc) is 2.30. The number of rotatable bonds is 4. The molecule has 0 aromatic heterocycles. The Balaban J connectivity index is 2.92. The van der Waals surface area contributed by atoms with E-state index in [1.807, 2.05) is 0 Å². The first-order chi connectivity index (χ1) is 9.24. The van der Waals surface area contributed by atoms with Gasteiger partial charge >= 0.3 is 6.09 Å². The van der Waals surface area contributed by atoms with E-state index in [1.54, 1.807) is 45.9 Å². The number of hydrogen-bond acceptors (Lipinski definition) is 3. The number of nitrogens with one attached hydrogen (secondary N) is 1. The zero-order valence-corrected chi connectivity index (χ0v) is 12.2. The van der Waals surface area contributed by atoms with E-state index in [0.717, 1.165) is 0 Å². The smallest absolute Gasteiger partial charge is 0.408 e. The minimum Gasteiger partial charge on any atom is -0.444 e. The Morgan fingerprint density at radius 3 is 2.65 bits per heavy atom. The summed E-state index contributed by atoms with van der Waals surface area (Å²) in [5, 5.41) is 2.53. The van der Waals surface area contributed by atoms with Crippen molar-refractivity contribution in [2.75, 3.05) is 0 Å². The summed E-state index contributed by atoms with van der Waals surface area (Å²) in [5.74, 6) is -0.421. The van der Waals surface area contributed by atoms with Gasteiger partial charge in [-0.3, -0.25) is 0 Å². The Morgan fingerprint density at radius 1 is 1.45 bits per heavy atom. The maximum Gasteiger partial charge on any atom is 0.408 e. The van der Waals surface area contributed by atoms with Crippen molar-refractivity contribution in [1.82, 2.24) is 5.32 Å². The van der Waals surface area contributed by atoms with Crippen molar-refractivity contribution >= 4 is 12.4 Å². The maximum atomic E-state index is 14.1. The van der Waals surface area contributed by atoms with Crippen LogP contribution in [0, 0.1) is 12.7 Å². The van der Waals surface area contributed by atoms with Crippen LogP contribution in [0.25, 0.3) is 0 Å². The minimum absolute atomic E-state index is 0.0143. The fourth-order valence-electron chi connectivity index (χ4n) is 1.75. The minimum atomic E-state index is -0.734. The molecule has 1 aromatic rings. The molecule has 110 valence electrons. The van der Waals surface area contributed by atoms with Crippen LogP contribution in [0.4, 0.5) is 9.18 Å². The Bertz CT molecular complexity index is 494. The molecule has 0 heterocycles. The molecule has 0 fully saturated rings. The number of benzene rings is 1. The summed E-state index contributed by atoms with van der Waals surface area (Å²) in [7, 11) is 0. The van der Waals surface area contributed by atoms with Gasteiger partial charge in [0.15, 0.2) is 0 Å². The Morgan fingerprint density at radius 2 is 2.10 bits per heavy atom. The number of carbonyl (C=O) groups is 2. The number of aldehydes is 1. The van der Waals surface area contributed by atoms with Gasteiger partial charge in [0.25, 0.3) is 0 Å². The lowest BCUT2D eigenvalue weighted by Gasteiger charge is -2.23. The molecule has 0 aliphatic heterocycles. The van der Waals surface area contributed by atoms with E-state index in [4.69, 9.17) is 4.74 Å². The van der Waals surface area contributed by atoms with E-state index in [2.05, 4.69) is 5.32 Å². The normalized spacial score (nSPS) is 12.7. The second-order valence-corrected chi connectivity index (χ2v) is 5.58. The number of amides is 1. The number of halogens is 1. The number of carbonyl (C=O) groups excluding carboxylic acids is 2. The van der Waals surface area contributed by atoms with Crippen LogP contribution >= 0.6 is 0 Å². The van der Waals surface area contributed by atoms with Crippen molar-refractivity contribution in [2.24, 2.45) is 0 Å². The van der Waals surface area contributed by atoms with Crippen LogP contribution in [0.2, 0.25) is 0 Å². The van der Waals surface area contributed by atoms with E-state index in [-0.39, 0.29) is 12.0 Å². The lowest BCUT2D eigenvalue weighted by molar-refractivity contribution is -0.108. The summed E-state index contributed by atoms with van der Waals surface area (Å²) >= 11 is 0. The van der Waals surface area contributed by atoms with Gasteiger partial charge in [0.2, 0.25) is 0 Å². The second kappa shape index (κ2) is 6.50. The molecule has 1 N–H and O–H groups in total. The third kappa shape index (κ3) is 4.64. The molecule has 0 aliphatic rings. The Hall–Kier alpha value is -1.91. The van der Waals surface area contributed by atoms with Gasteiger partial charge in [-0.1, -0.05) is 18.2 Å². The Labute approximate surface area is 118 Å². The van der Waals surface area contributed by atoms with Crippen LogP contribution in [0.3, 0.4) is 0 Å². The number of ether oxygens (including phenoxy) is 1. The molecular formula is C15H20FNO3. The highest BCUT2D eigenvalue weighted by Gasteiger charge is 2.22. The molecule has 0 unspecified atom stereocenters. The molecule has 20 heavy (non-hydrogen) atoms. The lowest BCUT2D eigenvalue weighted by Crippen LogP contribution is -2.35. The molecule has 0 spiro atoms. The summed E-state index contributed by atoms with van der Waals surface area (Å²) in [6, 6.07) is 4.13. The number of aryl methyl sites for hydroxylation is 1. The summed E-state index contributed by atoms with van der Waals surface area (Å²) in [6.45, 7) is 6.82.